The number of nitrogens with one attached hydrogen (secondary N) is 2. The van der Waals surface area contributed by atoms with Gasteiger partial charge < -0.3 is 4.98 Å². The zero-order valence-electron chi connectivity index (χ0n) is 17.0. The Hall–Kier alpha value is -4.46. The Morgan fingerprint density at radius 1 is 0.906 bits per heavy atom. The van der Waals surface area contributed by atoms with Crippen molar-refractivity contribution in [3.05, 3.63) is 78.6 Å². The van der Waals surface area contributed by atoms with Gasteiger partial charge in [-0.2, -0.15) is 5.10 Å². The van der Waals surface area contributed by atoms with E-state index in [1.165, 1.54) is 12.1 Å². The zero-order valence-corrected chi connectivity index (χ0v) is 17.0. The van der Waals surface area contributed by atoms with Crippen molar-refractivity contribution in [3.8, 4) is 34.0 Å². The molecule has 0 aliphatic carbocycles. The van der Waals surface area contributed by atoms with Crippen molar-refractivity contribution in [2.45, 2.75) is 6.92 Å². The molecule has 6 aromatic rings. The lowest BCUT2D eigenvalue weighted by molar-refractivity contribution is 0.628. The van der Waals surface area contributed by atoms with Crippen molar-refractivity contribution >= 4 is 21.9 Å². The maximum Gasteiger partial charge on any atom is 0.159 e. The molecular weight excluding hydrogens is 405 g/mol. The zero-order chi connectivity index (χ0) is 21.7. The number of H-pyrrole nitrogens is 2. The Kier molecular flexibility index (Phi) is 4.04. The molecule has 0 radical (unpaired) electrons. The van der Waals surface area contributed by atoms with Gasteiger partial charge in [-0.25, -0.2) is 9.37 Å². The molecule has 7 nitrogen and oxygen atoms in total. The molecule has 0 bridgehead atoms. The van der Waals surface area contributed by atoms with Crippen LogP contribution in [0.3, 0.4) is 0 Å². The summed E-state index contributed by atoms with van der Waals surface area (Å²) < 4.78 is 13.8. The molecular formula is C24H16FN7. The van der Waals surface area contributed by atoms with E-state index in [1.807, 2.05) is 31.2 Å². The third kappa shape index (κ3) is 2.92. The number of hydrogen-bond donors (Lipinski definition) is 2. The van der Waals surface area contributed by atoms with Crippen molar-refractivity contribution < 1.29 is 4.39 Å². The summed E-state index contributed by atoms with van der Waals surface area (Å²) in [6, 6.07) is 12.1. The minimum absolute atomic E-state index is 0.318. The van der Waals surface area contributed by atoms with Crippen LogP contribution in [0.15, 0.2) is 67.3 Å². The molecule has 0 aliphatic heterocycles. The highest BCUT2D eigenvalue weighted by atomic mass is 19.1. The summed E-state index contributed by atoms with van der Waals surface area (Å²) in [5.74, 6) is 0.276. The molecule has 0 saturated heterocycles. The smallest absolute Gasteiger partial charge is 0.159 e. The van der Waals surface area contributed by atoms with Crippen LogP contribution < -0.4 is 0 Å². The molecule has 1 aromatic carbocycles. The maximum absolute atomic E-state index is 13.8. The van der Waals surface area contributed by atoms with Crippen molar-refractivity contribution in [3.63, 3.8) is 0 Å². The third-order valence-corrected chi connectivity index (χ3v) is 5.49. The van der Waals surface area contributed by atoms with Crippen LogP contribution in [-0.2, 0) is 0 Å². The second-order valence-corrected chi connectivity index (χ2v) is 7.53. The lowest BCUT2D eigenvalue weighted by atomic mass is 10.1. The molecule has 8 heteroatoms. The number of aromatic nitrogens is 7. The molecule has 0 unspecified atom stereocenters. The lowest BCUT2D eigenvalue weighted by Crippen LogP contribution is -1.89. The number of hydrogen-bond acceptors (Lipinski definition) is 5. The van der Waals surface area contributed by atoms with E-state index >= 15 is 0 Å². The molecule has 0 aliphatic rings. The summed E-state index contributed by atoms with van der Waals surface area (Å²) in [7, 11) is 0. The van der Waals surface area contributed by atoms with Crippen LogP contribution in [0.25, 0.3) is 56.0 Å². The average Bonchev–Trinajstić information content (AvgIpc) is 3.42. The predicted octanol–water partition coefficient (Wildman–Crippen LogP) is 5.07. The summed E-state index contributed by atoms with van der Waals surface area (Å²) in [5, 5.41) is 8.39. The van der Waals surface area contributed by atoms with Gasteiger partial charge in [0.1, 0.15) is 17.0 Å². The Labute approximate surface area is 181 Å². The van der Waals surface area contributed by atoms with Crippen molar-refractivity contribution in [1.82, 2.24) is 35.1 Å². The van der Waals surface area contributed by atoms with Gasteiger partial charge in [0.15, 0.2) is 5.82 Å². The summed E-state index contributed by atoms with van der Waals surface area (Å²) in [6.45, 7) is 2.03. The van der Waals surface area contributed by atoms with E-state index in [9.17, 15) is 4.39 Å². The summed E-state index contributed by atoms with van der Waals surface area (Å²) in [6.07, 6.45) is 7.01. The fourth-order valence-electron chi connectivity index (χ4n) is 3.87. The minimum Gasteiger partial charge on any atom is -0.336 e. The highest BCUT2D eigenvalue weighted by molar-refractivity contribution is 5.96. The van der Waals surface area contributed by atoms with Gasteiger partial charge in [-0.15, -0.1) is 0 Å². The van der Waals surface area contributed by atoms with E-state index in [2.05, 4.69) is 30.1 Å². The van der Waals surface area contributed by atoms with Crippen LogP contribution >= 0.6 is 0 Å². The molecule has 154 valence electrons. The Balaban J connectivity index is 1.52. The average molecular weight is 421 g/mol. The van der Waals surface area contributed by atoms with Gasteiger partial charge in [-0.1, -0.05) is 12.1 Å². The summed E-state index contributed by atoms with van der Waals surface area (Å²) >= 11 is 0. The number of imidazole rings is 1. The molecule has 2 N–H and O–H groups in total. The van der Waals surface area contributed by atoms with E-state index in [-0.39, 0.29) is 5.82 Å². The monoisotopic (exact) mass is 421 g/mol. The fourth-order valence-corrected chi connectivity index (χ4v) is 3.87. The van der Waals surface area contributed by atoms with Gasteiger partial charge in [0, 0.05) is 35.1 Å². The standard InChI is InChI=1S/C24H16FN7/c1-13-5-7-26-11-17(13)19-10-16-20(12-28-19)31-32-22(16)24-29-18-6-8-27-21(23(18)30-24)14-3-2-4-15(25)9-14/h2-12H,1H3,(H,29,30)(H,31,32). The fraction of sp³-hybridized carbons (Fsp3) is 0.0417. The number of benzene rings is 1. The van der Waals surface area contributed by atoms with Crippen molar-refractivity contribution in [2.24, 2.45) is 0 Å². The second kappa shape index (κ2) is 7.05. The van der Waals surface area contributed by atoms with Gasteiger partial charge >= 0.3 is 0 Å². The maximum atomic E-state index is 13.8. The van der Waals surface area contributed by atoms with Gasteiger partial charge in [0.2, 0.25) is 0 Å². The molecule has 6 rings (SSSR count). The number of pyridine rings is 3. The molecule has 0 atom stereocenters. The first kappa shape index (κ1) is 18.3. The van der Waals surface area contributed by atoms with E-state index in [1.54, 1.807) is 30.9 Å². The number of halogens is 1. The molecule has 32 heavy (non-hydrogen) atoms. The molecule has 0 amide bonds. The number of aryl methyl sites for hydroxylation is 1. The Bertz CT molecular complexity index is 1620. The summed E-state index contributed by atoms with van der Waals surface area (Å²) in [4.78, 5) is 21.3. The van der Waals surface area contributed by atoms with Gasteiger partial charge in [-0.05, 0) is 42.8 Å². The van der Waals surface area contributed by atoms with Crippen LogP contribution in [0.2, 0.25) is 0 Å². The van der Waals surface area contributed by atoms with Gasteiger partial charge in [-0.3, -0.25) is 20.1 Å². The van der Waals surface area contributed by atoms with E-state index in [0.29, 0.717) is 28.3 Å². The van der Waals surface area contributed by atoms with Crippen molar-refractivity contribution in [2.75, 3.05) is 0 Å². The quantitative estimate of drug-likeness (QED) is 0.416. The molecule has 5 heterocycles. The van der Waals surface area contributed by atoms with Gasteiger partial charge in [0.25, 0.3) is 0 Å². The number of fused-ring (bicyclic) bond motifs is 2. The number of aromatic amines is 2. The minimum atomic E-state index is -0.318. The van der Waals surface area contributed by atoms with E-state index in [0.717, 1.165) is 33.2 Å². The first-order chi connectivity index (χ1) is 15.7. The molecule has 0 spiro atoms. The van der Waals surface area contributed by atoms with Crippen LogP contribution in [-0.4, -0.2) is 35.1 Å². The van der Waals surface area contributed by atoms with Crippen LogP contribution in [0.5, 0.6) is 0 Å². The molecule has 0 fully saturated rings. The van der Waals surface area contributed by atoms with Crippen LogP contribution in [0.4, 0.5) is 4.39 Å². The SMILES string of the molecule is Cc1ccncc1-c1cc2c(-c3nc4c(-c5cccc(F)c5)nccc4[nH]3)n[nH]c2cn1. The first-order valence-electron chi connectivity index (χ1n) is 10.0. The van der Waals surface area contributed by atoms with Gasteiger partial charge in [0.05, 0.1) is 28.6 Å². The Morgan fingerprint density at radius 2 is 1.84 bits per heavy atom. The number of rotatable bonds is 3. The highest BCUT2D eigenvalue weighted by Crippen LogP contribution is 2.32. The summed E-state index contributed by atoms with van der Waals surface area (Å²) in [5.41, 5.74) is 7.06. The Morgan fingerprint density at radius 3 is 2.72 bits per heavy atom. The van der Waals surface area contributed by atoms with Crippen molar-refractivity contribution in [1.29, 1.82) is 0 Å². The predicted molar refractivity (Wildman–Crippen MR) is 120 cm³/mol. The van der Waals surface area contributed by atoms with E-state index < -0.39 is 0 Å². The third-order valence-electron chi connectivity index (χ3n) is 5.49. The molecule has 5 aromatic heterocycles. The molecule has 0 saturated carbocycles. The second-order valence-electron chi connectivity index (χ2n) is 7.53. The van der Waals surface area contributed by atoms with Crippen LogP contribution in [0, 0.1) is 12.7 Å². The topological polar surface area (TPSA) is 96.0 Å². The highest BCUT2D eigenvalue weighted by Gasteiger charge is 2.17. The van der Waals surface area contributed by atoms with E-state index in [4.69, 9.17) is 4.98 Å². The normalized spacial score (nSPS) is 11.4. The lowest BCUT2D eigenvalue weighted by Gasteiger charge is -2.04. The largest absolute Gasteiger partial charge is 0.336 e. The first-order valence-corrected chi connectivity index (χ1v) is 10.0. The van der Waals surface area contributed by atoms with Crippen LogP contribution in [0.1, 0.15) is 5.56 Å². The number of nitrogens with zero attached hydrogens (tertiary/aromatic N) is 5.